The van der Waals surface area contributed by atoms with Crippen molar-refractivity contribution in [2.24, 2.45) is 0 Å². The van der Waals surface area contributed by atoms with E-state index in [2.05, 4.69) is 17.0 Å². The van der Waals surface area contributed by atoms with Crippen molar-refractivity contribution in [2.75, 3.05) is 26.2 Å². The topological polar surface area (TPSA) is 84.3 Å². The lowest BCUT2D eigenvalue weighted by Gasteiger charge is -2.32. The molecule has 3 N–H and O–H groups in total. The molecule has 0 amide bonds. The number of nitrogens with one attached hydrogen (secondary N) is 1. The fourth-order valence-corrected chi connectivity index (χ4v) is 4.30. The monoisotopic (exact) mass is 454 g/mol. The van der Waals surface area contributed by atoms with E-state index in [1.54, 1.807) is 13.0 Å². The second-order valence-electron chi connectivity index (χ2n) is 8.19. The number of hydrogen-bond acceptors (Lipinski definition) is 5. The lowest BCUT2D eigenvalue weighted by atomic mass is 9.89. The van der Waals surface area contributed by atoms with Gasteiger partial charge in [-0.15, -0.1) is 0 Å². The van der Waals surface area contributed by atoms with E-state index in [-0.39, 0.29) is 11.8 Å². The van der Waals surface area contributed by atoms with Crippen molar-refractivity contribution in [2.45, 2.75) is 32.1 Å². The van der Waals surface area contributed by atoms with Gasteiger partial charge in [0.1, 0.15) is 11.3 Å². The van der Waals surface area contributed by atoms with Crippen molar-refractivity contribution in [3.05, 3.63) is 64.9 Å². The van der Waals surface area contributed by atoms with Crippen LogP contribution in [0.2, 0.25) is 5.02 Å². The first-order valence-electron chi connectivity index (χ1n) is 11.0. The molecule has 2 heterocycles. The molecule has 2 aromatic carbocycles. The van der Waals surface area contributed by atoms with Crippen molar-refractivity contribution in [3.63, 3.8) is 0 Å². The smallest absolute Gasteiger partial charge is 0.336 e. The zero-order valence-corrected chi connectivity index (χ0v) is 19.0. The fraction of sp³-hybridized carbons (Fsp3) is 0.360. The number of fused-ring (bicyclic) bond motifs is 1. The number of piperidine rings is 1. The molecule has 1 fully saturated rings. The summed E-state index contributed by atoms with van der Waals surface area (Å²) in [5.74, 6) is 1.78. The summed E-state index contributed by atoms with van der Waals surface area (Å²) in [5.41, 5.74) is 2.05. The number of benzene rings is 2. The standard InChI is InChI=1S/C25H28ClN3O3/c1-17(27)31-25(28)24-16-21-22(4-2-5-23(21)32-24)30-15-3-12-29-13-10-19(11-14-29)18-6-8-20(26)9-7-18/h2,4-9,16,19,27-28H,3,10-15H2,1H3/p+1. The highest BCUT2D eigenvalue weighted by Crippen LogP contribution is 2.30. The van der Waals surface area contributed by atoms with Gasteiger partial charge >= 0.3 is 5.90 Å². The summed E-state index contributed by atoms with van der Waals surface area (Å²) in [4.78, 5) is 2.51. The quantitative estimate of drug-likeness (QED) is 0.317. The number of nitrogens with two attached hydrogens (primary N) is 1. The van der Waals surface area contributed by atoms with Crippen LogP contribution in [0, 0.1) is 5.41 Å². The minimum absolute atomic E-state index is 0.117. The number of halogens is 1. The number of furan rings is 1. The molecule has 0 atom stereocenters. The van der Waals surface area contributed by atoms with E-state index in [4.69, 9.17) is 36.3 Å². The minimum atomic E-state index is -0.117. The Labute approximate surface area is 193 Å². The van der Waals surface area contributed by atoms with Gasteiger partial charge in [0.15, 0.2) is 5.76 Å². The summed E-state index contributed by atoms with van der Waals surface area (Å²) < 4.78 is 16.9. The number of ether oxygens (including phenoxy) is 2. The Balaban J connectivity index is 1.25. The minimum Gasteiger partial charge on any atom is -0.493 e. The molecule has 168 valence electrons. The third-order valence-electron chi connectivity index (χ3n) is 5.81. The molecule has 32 heavy (non-hydrogen) atoms. The van der Waals surface area contributed by atoms with Gasteiger partial charge in [-0.3, -0.25) is 5.41 Å². The van der Waals surface area contributed by atoms with Crippen molar-refractivity contribution < 1.29 is 19.3 Å². The van der Waals surface area contributed by atoms with Gasteiger partial charge < -0.3 is 18.8 Å². The molecule has 0 aliphatic carbocycles. The zero-order valence-electron chi connectivity index (χ0n) is 18.3. The first-order chi connectivity index (χ1) is 15.5. The fourth-order valence-electron chi connectivity index (χ4n) is 4.18. The molecule has 0 spiro atoms. The zero-order chi connectivity index (χ0) is 22.5. The van der Waals surface area contributed by atoms with Gasteiger partial charge in [0.2, 0.25) is 0 Å². The van der Waals surface area contributed by atoms with Crippen LogP contribution in [0.1, 0.15) is 43.4 Å². The first kappa shape index (κ1) is 22.4. The highest BCUT2D eigenvalue weighted by atomic mass is 35.5. The molecule has 1 aliphatic heterocycles. The highest BCUT2D eigenvalue weighted by molar-refractivity contribution is 6.30. The maximum atomic E-state index is 7.95. The van der Waals surface area contributed by atoms with Gasteiger partial charge in [0.05, 0.1) is 18.9 Å². The van der Waals surface area contributed by atoms with E-state index in [1.165, 1.54) is 18.4 Å². The van der Waals surface area contributed by atoms with Crippen molar-refractivity contribution >= 4 is 34.4 Å². The Morgan fingerprint density at radius 3 is 2.66 bits per heavy atom. The Bertz CT molecular complexity index is 1090. The van der Waals surface area contributed by atoms with Gasteiger partial charge in [-0.2, -0.15) is 0 Å². The van der Waals surface area contributed by atoms with Crippen LogP contribution in [0.3, 0.4) is 0 Å². The second-order valence-corrected chi connectivity index (χ2v) is 8.63. The Morgan fingerprint density at radius 1 is 1.19 bits per heavy atom. The average molecular weight is 455 g/mol. The third-order valence-corrected chi connectivity index (χ3v) is 6.07. The molecule has 1 saturated heterocycles. The van der Waals surface area contributed by atoms with Gasteiger partial charge in [0.25, 0.3) is 5.90 Å². The van der Waals surface area contributed by atoms with Crippen LogP contribution >= 0.6 is 11.6 Å². The van der Waals surface area contributed by atoms with Crippen LogP contribution in [0.5, 0.6) is 5.75 Å². The average Bonchev–Trinajstić information content (AvgIpc) is 3.23. The number of likely N-dealkylation sites (tertiary alicyclic amines) is 1. The van der Waals surface area contributed by atoms with Crippen LogP contribution in [0.15, 0.2) is 52.9 Å². The SMILES string of the molecule is CC(=[NH2+])OC(=N)c1cc2c(OCCCN3CCC(c4ccc(Cl)cc4)CC3)cccc2o1. The molecular formula is C25H29ClN3O3+. The van der Waals surface area contributed by atoms with Crippen LogP contribution in [0.4, 0.5) is 0 Å². The molecule has 0 bridgehead atoms. The van der Waals surface area contributed by atoms with Crippen LogP contribution in [0.25, 0.3) is 11.0 Å². The number of rotatable bonds is 7. The van der Waals surface area contributed by atoms with E-state index in [0.717, 1.165) is 42.2 Å². The third kappa shape index (κ3) is 5.50. The maximum absolute atomic E-state index is 7.95. The Morgan fingerprint density at radius 2 is 1.94 bits per heavy atom. The van der Waals surface area contributed by atoms with E-state index in [9.17, 15) is 0 Å². The Hall–Kier alpha value is -2.83. The molecule has 3 aromatic rings. The van der Waals surface area contributed by atoms with E-state index in [1.807, 2.05) is 30.3 Å². The van der Waals surface area contributed by atoms with E-state index < -0.39 is 0 Å². The van der Waals surface area contributed by atoms with E-state index >= 15 is 0 Å². The summed E-state index contributed by atoms with van der Waals surface area (Å²) in [5, 5.41) is 15.1. The lowest BCUT2D eigenvalue weighted by molar-refractivity contribution is -0.133. The van der Waals surface area contributed by atoms with Crippen LogP contribution < -0.4 is 10.1 Å². The molecule has 1 aromatic heterocycles. The molecule has 7 heteroatoms. The van der Waals surface area contributed by atoms with Crippen LogP contribution in [-0.4, -0.2) is 42.9 Å². The highest BCUT2D eigenvalue weighted by Gasteiger charge is 2.20. The molecule has 0 unspecified atom stereocenters. The summed E-state index contributed by atoms with van der Waals surface area (Å²) in [6.45, 7) is 5.44. The molecular weight excluding hydrogens is 426 g/mol. The lowest BCUT2D eigenvalue weighted by Crippen LogP contribution is -2.40. The van der Waals surface area contributed by atoms with Gasteiger partial charge in [-0.25, -0.2) is 5.41 Å². The van der Waals surface area contributed by atoms with Crippen molar-refractivity contribution in [1.29, 1.82) is 5.41 Å². The van der Waals surface area contributed by atoms with Crippen molar-refractivity contribution in [3.8, 4) is 5.75 Å². The number of nitrogens with zero attached hydrogens (tertiary/aromatic N) is 1. The summed E-state index contributed by atoms with van der Waals surface area (Å²) in [7, 11) is 0. The summed E-state index contributed by atoms with van der Waals surface area (Å²) >= 11 is 6.01. The van der Waals surface area contributed by atoms with Gasteiger partial charge in [0, 0.05) is 17.6 Å². The Kier molecular flexibility index (Phi) is 7.12. The molecule has 1 aliphatic rings. The molecule has 6 nitrogen and oxygen atoms in total. The number of hydrogen-bond donors (Lipinski definition) is 2. The predicted molar refractivity (Wildman–Crippen MR) is 127 cm³/mol. The summed E-state index contributed by atoms with van der Waals surface area (Å²) in [6, 6.07) is 15.7. The van der Waals surface area contributed by atoms with Gasteiger partial charge in [-0.1, -0.05) is 29.8 Å². The van der Waals surface area contributed by atoms with Crippen LogP contribution in [-0.2, 0) is 4.74 Å². The predicted octanol–water partition coefficient (Wildman–Crippen LogP) is 4.25. The maximum Gasteiger partial charge on any atom is 0.336 e. The first-order valence-corrected chi connectivity index (χ1v) is 11.4. The summed E-state index contributed by atoms with van der Waals surface area (Å²) in [6.07, 6.45) is 3.30. The molecule has 4 rings (SSSR count). The largest absolute Gasteiger partial charge is 0.493 e. The second kappa shape index (κ2) is 10.2. The molecule has 0 saturated carbocycles. The molecule has 0 radical (unpaired) electrons. The van der Waals surface area contributed by atoms with Gasteiger partial charge in [-0.05, 0) is 68.1 Å². The van der Waals surface area contributed by atoms with Crippen molar-refractivity contribution in [1.82, 2.24) is 4.90 Å². The van der Waals surface area contributed by atoms with E-state index in [0.29, 0.717) is 23.9 Å². The normalized spacial score (nSPS) is 15.1.